The number of fused-ring (bicyclic) bond motifs is 2. The molecule has 1 fully saturated rings. The van der Waals surface area contributed by atoms with E-state index in [1.54, 1.807) is 6.92 Å². The standard InChI is InChI=1S/C24H20N4O2/c1-15-21(26-20-13-6-5-12-19(20)25-15)14-28-22(29)24(2,27-23(28)30)18-11-7-9-16-8-3-4-10-17(16)18/h3-13H,14H2,1-2H3,(H,27,30). The van der Waals surface area contributed by atoms with Gasteiger partial charge in [-0.25, -0.2) is 14.8 Å². The number of hydrogen-bond donors (Lipinski definition) is 1. The molecule has 3 amide bonds. The summed E-state index contributed by atoms with van der Waals surface area (Å²) in [6.07, 6.45) is 0. The summed E-state index contributed by atoms with van der Waals surface area (Å²) in [6.45, 7) is 3.68. The lowest BCUT2D eigenvalue weighted by Crippen LogP contribution is -2.41. The van der Waals surface area contributed by atoms with Gasteiger partial charge >= 0.3 is 6.03 Å². The summed E-state index contributed by atoms with van der Waals surface area (Å²) in [5.74, 6) is -0.293. The molecule has 0 spiro atoms. The Hall–Kier alpha value is -3.80. The summed E-state index contributed by atoms with van der Waals surface area (Å²) >= 11 is 0. The third kappa shape index (κ3) is 2.72. The molecule has 0 saturated carbocycles. The molecular weight excluding hydrogens is 376 g/mol. The molecule has 1 atom stereocenters. The molecule has 3 aromatic carbocycles. The van der Waals surface area contributed by atoms with Gasteiger partial charge in [0.2, 0.25) is 0 Å². The SMILES string of the molecule is Cc1nc2ccccc2nc1CN1C(=O)NC(C)(c2cccc3ccccc23)C1=O. The van der Waals surface area contributed by atoms with Gasteiger partial charge in [0.05, 0.1) is 29.0 Å². The minimum absolute atomic E-state index is 0.0781. The predicted molar refractivity (Wildman–Crippen MR) is 115 cm³/mol. The molecule has 0 aliphatic carbocycles. The third-order valence-corrected chi connectivity index (χ3v) is 5.75. The highest BCUT2D eigenvalue weighted by molar-refractivity contribution is 6.09. The summed E-state index contributed by atoms with van der Waals surface area (Å²) in [5, 5.41) is 4.87. The monoisotopic (exact) mass is 396 g/mol. The Kier molecular flexibility index (Phi) is 4.03. The van der Waals surface area contributed by atoms with Crippen LogP contribution in [0.2, 0.25) is 0 Å². The fraction of sp³-hybridized carbons (Fsp3) is 0.167. The Bertz CT molecular complexity index is 1330. The van der Waals surface area contributed by atoms with Gasteiger partial charge in [-0.1, -0.05) is 54.6 Å². The number of nitrogens with one attached hydrogen (secondary N) is 1. The minimum Gasteiger partial charge on any atom is -0.319 e. The van der Waals surface area contributed by atoms with Crippen LogP contribution >= 0.6 is 0 Å². The Morgan fingerprint density at radius 1 is 0.900 bits per heavy atom. The van der Waals surface area contributed by atoms with Gasteiger partial charge in [-0.15, -0.1) is 0 Å². The maximum absolute atomic E-state index is 13.5. The highest BCUT2D eigenvalue weighted by Crippen LogP contribution is 2.34. The number of rotatable bonds is 3. The fourth-order valence-corrected chi connectivity index (χ4v) is 4.11. The summed E-state index contributed by atoms with van der Waals surface area (Å²) in [7, 11) is 0. The lowest BCUT2D eigenvalue weighted by molar-refractivity contribution is -0.131. The zero-order chi connectivity index (χ0) is 20.9. The molecule has 1 N–H and O–H groups in total. The molecular formula is C24H20N4O2. The number of para-hydroxylation sites is 2. The molecule has 5 rings (SSSR count). The quantitative estimate of drug-likeness (QED) is 0.530. The number of imide groups is 1. The van der Waals surface area contributed by atoms with Crippen molar-refractivity contribution in [1.82, 2.24) is 20.2 Å². The van der Waals surface area contributed by atoms with E-state index in [4.69, 9.17) is 0 Å². The largest absolute Gasteiger partial charge is 0.325 e. The number of urea groups is 1. The van der Waals surface area contributed by atoms with Crippen molar-refractivity contribution >= 4 is 33.7 Å². The number of aromatic nitrogens is 2. The number of hydrogen-bond acceptors (Lipinski definition) is 4. The van der Waals surface area contributed by atoms with E-state index in [0.29, 0.717) is 11.4 Å². The molecule has 1 aromatic heterocycles. The van der Waals surface area contributed by atoms with E-state index >= 15 is 0 Å². The predicted octanol–water partition coefficient (Wildman–Crippen LogP) is 4.06. The minimum atomic E-state index is -1.14. The number of carbonyl (C=O) groups excluding carboxylic acids is 2. The zero-order valence-electron chi connectivity index (χ0n) is 16.7. The van der Waals surface area contributed by atoms with Gasteiger partial charge < -0.3 is 5.32 Å². The molecule has 148 valence electrons. The molecule has 1 aliphatic heterocycles. The molecule has 1 unspecified atom stereocenters. The molecule has 6 heteroatoms. The smallest absolute Gasteiger partial charge is 0.319 e. The van der Waals surface area contributed by atoms with Gasteiger partial charge in [0.25, 0.3) is 5.91 Å². The van der Waals surface area contributed by atoms with Crippen LogP contribution < -0.4 is 5.32 Å². The van der Waals surface area contributed by atoms with Crippen LogP contribution in [0, 0.1) is 6.92 Å². The average Bonchev–Trinajstić information content (AvgIpc) is 2.97. The molecule has 1 saturated heterocycles. The lowest BCUT2D eigenvalue weighted by Gasteiger charge is -2.24. The Labute approximate surface area is 173 Å². The molecule has 30 heavy (non-hydrogen) atoms. The second kappa shape index (κ2) is 6.62. The second-order valence-corrected chi connectivity index (χ2v) is 7.72. The highest BCUT2D eigenvalue weighted by Gasteiger charge is 2.49. The van der Waals surface area contributed by atoms with E-state index in [1.165, 1.54) is 4.90 Å². The Morgan fingerprint density at radius 3 is 2.37 bits per heavy atom. The van der Waals surface area contributed by atoms with E-state index in [2.05, 4.69) is 15.3 Å². The van der Waals surface area contributed by atoms with Gasteiger partial charge in [0, 0.05) is 0 Å². The number of aryl methyl sites for hydroxylation is 1. The van der Waals surface area contributed by atoms with Gasteiger partial charge in [-0.3, -0.25) is 9.69 Å². The average molecular weight is 396 g/mol. The van der Waals surface area contributed by atoms with Crippen LogP contribution in [0.5, 0.6) is 0 Å². The first-order chi connectivity index (χ1) is 14.5. The molecule has 2 heterocycles. The number of nitrogens with zero attached hydrogens (tertiary/aromatic N) is 3. The van der Waals surface area contributed by atoms with Crippen LogP contribution in [-0.2, 0) is 16.9 Å². The molecule has 0 radical (unpaired) electrons. The molecule has 6 nitrogen and oxygen atoms in total. The summed E-state index contributed by atoms with van der Waals surface area (Å²) in [4.78, 5) is 36.7. The topological polar surface area (TPSA) is 75.2 Å². The van der Waals surface area contributed by atoms with E-state index in [0.717, 1.165) is 27.4 Å². The summed E-state index contributed by atoms with van der Waals surface area (Å²) < 4.78 is 0. The third-order valence-electron chi connectivity index (χ3n) is 5.75. The van der Waals surface area contributed by atoms with Crippen LogP contribution in [0.4, 0.5) is 4.79 Å². The van der Waals surface area contributed by atoms with Gasteiger partial charge in [-0.2, -0.15) is 0 Å². The van der Waals surface area contributed by atoms with Crippen LogP contribution in [-0.4, -0.2) is 26.8 Å². The maximum Gasteiger partial charge on any atom is 0.325 e. The molecule has 4 aromatic rings. The van der Waals surface area contributed by atoms with Crippen molar-refractivity contribution in [3.63, 3.8) is 0 Å². The van der Waals surface area contributed by atoms with E-state index in [1.807, 2.05) is 73.7 Å². The van der Waals surface area contributed by atoms with Crippen molar-refractivity contribution in [2.24, 2.45) is 0 Å². The van der Waals surface area contributed by atoms with Crippen LogP contribution in [0.3, 0.4) is 0 Å². The van der Waals surface area contributed by atoms with Crippen molar-refractivity contribution in [1.29, 1.82) is 0 Å². The molecule has 1 aliphatic rings. The Morgan fingerprint density at radius 2 is 1.57 bits per heavy atom. The normalized spacial score (nSPS) is 18.9. The van der Waals surface area contributed by atoms with Crippen LogP contribution in [0.15, 0.2) is 66.7 Å². The van der Waals surface area contributed by atoms with Crippen LogP contribution in [0.1, 0.15) is 23.9 Å². The first-order valence-electron chi connectivity index (χ1n) is 9.82. The number of carbonyl (C=O) groups is 2. The van der Waals surface area contributed by atoms with Crippen molar-refractivity contribution in [2.45, 2.75) is 25.9 Å². The van der Waals surface area contributed by atoms with Crippen molar-refractivity contribution < 1.29 is 9.59 Å². The van der Waals surface area contributed by atoms with E-state index in [9.17, 15) is 9.59 Å². The summed E-state index contributed by atoms with van der Waals surface area (Å²) in [5.41, 5.74) is 2.48. The van der Waals surface area contributed by atoms with Gasteiger partial charge in [0.15, 0.2) is 0 Å². The Balaban J connectivity index is 1.54. The fourth-order valence-electron chi connectivity index (χ4n) is 4.11. The van der Waals surface area contributed by atoms with Crippen molar-refractivity contribution in [3.8, 4) is 0 Å². The van der Waals surface area contributed by atoms with Crippen molar-refractivity contribution in [2.75, 3.05) is 0 Å². The van der Waals surface area contributed by atoms with E-state index in [-0.39, 0.29) is 12.5 Å². The van der Waals surface area contributed by atoms with Crippen molar-refractivity contribution in [3.05, 3.63) is 83.7 Å². The first-order valence-corrected chi connectivity index (χ1v) is 9.82. The summed E-state index contributed by atoms with van der Waals surface area (Å²) in [6, 6.07) is 20.8. The maximum atomic E-state index is 13.5. The lowest BCUT2D eigenvalue weighted by atomic mass is 9.88. The van der Waals surface area contributed by atoms with Crippen LogP contribution in [0.25, 0.3) is 21.8 Å². The first kappa shape index (κ1) is 18.2. The van der Waals surface area contributed by atoms with Gasteiger partial charge in [0.1, 0.15) is 5.54 Å². The van der Waals surface area contributed by atoms with E-state index < -0.39 is 11.6 Å². The zero-order valence-corrected chi connectivity index (χ0v) is 16.7. The highest BCUT2D eigenvalue weighted by atomic mass is 16.2. The molecule has 0 bridgehead atoms. The number of benzene rings is 3. The second-order valence-electron chi connectivity index (χ2n) is 7.72. The number of amides is 3. The van der Waals surface area contributed by atoms with Gasteiger partial charge in [-0.05, 0) is 42.3 Å².